The minimum absolute atomic E-state index is 0.00389. The molecule has 1 aromatic carbocycles. The second-order valence-corrected chi connectivity index (χ2v) is 7.33. The van der Waals surface area contributed by atoms with E-state index >= 15 is 0 Å². The van der Waals surface area contributed by atoms with Crippen molar-refractivity contribution < 1.29 is 9.53 Å². The van der Waals surface area contributed by atoms with Gasteiger partial charge in [-0.2, -0.15) is 0 Å². The Bertz CT molecular complexity index is 902. The van der Waals surface area contributed by atoms with Crippen LogP contribution in [0.25, 0.3) is 11.0 Å². The Morgan fingerprint density at radius 2 is 2.12 bits per heavy atom. The Morgan fingerprint density at radius 3 is 2.92 bits per heavy atom. The Labute approximate surface area is 150 Å². The highest BCUT2D eigenvalue weighted by molar-refractivity contribution is 7.14. The fraction of sp³-hybridized carbons (Fsp3) is 0.316. The van der Waals surface area contributed by atoms with E-state index < -0.39 is 0 Å². The lowest BCUT2D eigenvalue weighted by Gasteiger charge is -2.16. The van der Waals surface area contributed by atoms with Crippen LogP contribution in [0.5, 0.6) is 0 Å². The summed E-state index contributed by atoms with van der Waals surface area (Å²) in [5, 5.41) is 0. The van der Waals surface area contributed by atoms with Crippen molar-refractivity contribution in [3.63, 3.8) is 0 Å². The number of carbonyl (C=O) groups is 1. The molecule has 1 amide bonds. The van der Waals surface area contributed by atoms with E-state index in [1.165, 1.54) is 11.3 Å². The number of aromatic nitrogens is 2. The van der Waals surface area contributed by atoms with Crippen molar-refractivity contribution in [2.75, 3.05) is 13.7 Å². The number of fused-ring (bicyclic) bond motifs is 1. The second kappa shape index (κ2) is 6.90. The monoisotopic (exact) mass is 353 g/mol. The third-order valence-electron chi connectivity index (χ3n) is 4.33. The van der Waals surface area contributed by atoms with Crippen LogP contribution in [0.2, 0.25) is 0 Å². The molecule has 128 valence electrons. The number of hydrogen-bond acceptors (Lipinski definition) is 5. The van der Waals surface area contributed by atoms with Crippen LogP contribution in [-0.2, 0) is 11.3 Å². The number of rotatable bonds is 4. The Hall–Kier alpha value is -2.31. The smallest absolute Gasteiger partial charge is 0.264 e. The molecule has 25 heavy (non-hydrogen) atoms. The summed E-state index contributed by atoms with van der Waals surface area (Å²) in [5.41, 5.74) is 2.49. The van der Waals surface area contributed by atoms with Crippen molar-refractivity contribution >= 4 is 28.3 Å². The number of carbonyl (C=O) groups excluding carboxylic acids is 1. The highest BCUT2D eigenvalue weighted by Gasteiger charge is 2.22. The number of hydrogen-bond donors (Lipinski definition) is 0. The van der Waals surface area contributed by atoms with Gasteiger partial charge in [-0.25, -0.2) is 4.98 Å². The number of nitrogens with zero attached hydrogens (tertiary/aromatic N) is 3. The number of ether oxygens (including phenoxy) is 1. The van der Waals surface area contributed by atoms with Crippen molar-refractivity contribution in [3.8, 4) is 0 Å². The number of benzene rings is 1. The SMILES string of the molecule is CN(Cc1cnc2ccccc2n1)C(=O)c1ccc([C@@H]2CCCO2)s1. The van der Waals surface area contributed by atoms with Crippen molar-refractivity contribution in [2.45, 2.75) is 25.5 Å². The summed E-state index contributed by atoms with van der Waals surface area (Å²) in [6, 6.07) is 11.6. The van der Waals surface area contributed by atoms with Crippen molar-refractivity contribution in [2.24, 2.45) is 0 Å². The van der Waals surface area contributed by atoms with Crippen molar-refractivity contribution in [1.29, 1.82) is 0 Å². The van der Waals surface area contributed by atoms with Gasteiger partial charge in [-0.15, -0.1) is 11.3 Å². The predicted octanol–water partition coefficient (Wildman–Crippen LogP) is 3.82. The quantitative estimate of drug-likeness (QED) is 0.716. The molecule has 0 unspecified atom stereocenters. The fourth-order valence-corrected chi connectivity index (χ4v) is 4.10. The Balaban J connectivity index is 1.47. The molecule has 1 atom stereocenters. The minimum Gasteiger partial charge on any atom is -0.373 e. The number of thiophene rings is 1. The molecule has 2 aromatic heterocycles. The van der Waals surface area contributed by atoms with Gasteiger partial charge in [0.2, 0.25) is 0 Å². The number of amides is 1. The second-order valence-electron chi connectivity index (χ2n) is 6.21. The lowest BCUT2D eigenvalue weighted by atomic mass is 10.2. The zero-order valence-corrected chi connectivity index (χ0v) is 14.8. The van der Waals surface area contributed by atoms with Crippen LogP contribution in [0.15, 0.2) is 42.6 Å². The molecule has 0 N–H and O–H groups in total. The summed E-state index contributed by atoms with van der Waals surface area (Å²) in [4.78, 5) is 25.2. The molecule has 5 nitrogen and oxygen atoms in total. The summed E-state index contributed by atoms with van der Waals surface area (Å²) in [6.07, 6.45) is 4.02. The highest BCUT2D eigenvalue weighted by Crippen LogP contribution is 2.33. The van der Waals surface area contributed by atoms with E-state index in [9.17, 15) is 4.79 Å². The van der Waals surface area contributed by atoms with E-state index in [2.05, 4.69) is 9.97 Å². The molecule has 1 aliphatic heterocycles. The summed E-state index contributed by atoms with van der Waals surface area (Å²) in [5.74, 6) is 0.00389. The summed E-state index contributed by atoms with van der Waals surface area (Å²) in [6.45, 7) is 1.25. The van der Waals surface area contributed by atoms with Crippen LogP contribution in [0, 0.1) is 0 Å². The molecule has 6 heteroatoms. The van der Waals surface area contributed by atoms with E-state index in [0.717, 1.165) is 45.9 Å². The van der Waals surface area contributed by atoms with E-state index in [1.807, 2.05) is 36.4 Å². The van der Waals surface area contributed by atoms with E-state index in [1.54, 1.807) is 18.1 Å². The molecule has 1 saturated heterocycles. The molecule has 0 aliphatic carbocycles. The van der Waals surface area contributed by atoms with E-state index in [-0.39, 0.29) is 12.0 Å². The molecular formula is C19H19N3O2S. The van der Waals surface area contributed by atoms with Crippen LogP contribution in [0.4, 0.5) is 0 Å². The number of para-hydroxylation sites is 2. The van der Waals surface area contributed by atoms with Crippen molar-refractivity contribution in [1.82, 2.24) is 14.9 Å². The van der Waals surface area contributed by atoms with Gasteiger partial charge in [0.1, 0.15) is 0 Å². The third kappa shape index (κ3) is 3.41. The molecule has 0 spiro atoms. The standard InChI is InChI=1S/C19H19N3O2S/c1-22(12-13-11-20-14-5-2-3-6-15(14)21-13)19(23)18-9-8-17(25-18)16-7-4-10-24-16/h2-3,5-6,8-9,11,16H,4,7,10,12H2,1H3/t16-/m0/s1. The van der Waals surface area contributed by atoms with Crippen LogP contribution >= 0.6 is 11.3 Å². The maximum absolute atomic E-state index is 12.7. The fourth-order valence-electron chi connectivity index (χ4n) is 3.02. The molecule has 0 saturated carbocycles. The topological polar surface area (TPSA) is 55.3 Å². The van der Waals surface area contributed by atoms with Gasteiger partial charge in [0, 0.05) is 18.5 Å². The summed E-state index contributed by atoms with van der Waals surface area (Å²) < 4.78 is 5.70. The van der Waals surface area contributed by atoms with Crippen LogP contribution < -0.4 is 0 Å². The third-order valence-corrected chi connectivity index (χ3v) is 5.49. The van der Waals surface area contributed by atoms with Crippen LogP contribution in [0.3, 0.4) is 0 Å². The minimum atomic E-state index is 0.00389. The largest absolute Gasteiger partial charge is 0.373 e. The molecule has 4 rings (SSSR count). The first-order chi connectivity index (χ1) is 12.2. The lowest BCUT2D eigenvalue weighted by molar-refractivity contribution is 0.0788. The van der Waals surface area contributed by atoms with Gasteiger partial charge in [-0.1, -0.05) is 12.1 Å². The molecular weight excluding hydrogens is 334 g/mol. The lowest BCUT2D eigenvalue weighted by Crippen LogP contribution is -2.26. The molecule has 3 heterocycles. The zero-order valence-electron chi connectivity index (χ0n) is 14.0. The average molecular weight is 353 g/mol. The zero-order chi connectivity index (χ0) is 17.2. The van der Waals surface area contributed by atoms with Gasteiger partial charge in [-0.3, -0.25) is 9.78 Å². The van der Waals surface area contributed by atoms with Gasteiger partial charge in [-0.05, 0) is 37.1 Å². The Morgan fingerprint density at radius 1 is 1.28 bits per heavy atom. The summed E-state index contributed by atoms with van der Waals surface area (Å²) in [7, 11) is 1.80. The normalized spacial score (nSPS) is 17.1. The molecule has 0 bridgehead atoms. The van der Waals surface area contributed by atoms with Crippen LogP contribution in [0.1, 0.15) is 39.2 Å². The van der Waals surface area contributed by atoms with Crippen LogP contribution in [-0.4, -0.2) is 34.4 Å². The van der Waals surface area contributed by atoms with E-state index in [0.29, 0.717) is 6.54 Å². The van der Waals surface area contributed by atoms with E-state index in [4.69, 9.17) is 4.74 Å². The Kier molecular flexibility index (Phi) is 4.46. The molecule has 3 aromatic rings. The average Bonchev–Trinajstić information content (AvgIpc) is 3.32. The summed E-state index contributed by atoms with van der Waals surface area (Å²) >= 11 is 1.53. The first kappa shape index (κ1) is 16.2. The van der Waals surface area contributed by atoms with Gasteiger partial charge < -0.3 is 9.64 Å². The van der Waals surface area contributed by atoms with Crippen molar-refractivity contribution in [3.05, 3.63) is 58.0 Å². The molecule has 0 radical (unpaired) electrons. The maximum atomic E-state index is 12.7. The molecule has 1 fully saturated rings. The predicted molar refractivity (Wildman–Crippen MR) is 97.6 cm³/mol. The van der Waals surface area contributed by atoms with Gasteiger partial charge in [0.25, 0.3) is 5.91 Å². The van der Waals surface area contributed by atoms with Gasteiger partial charge >= 0.3 is 0 Å². The highest BCUT2D eigenvalue weighted by atomic mass is 32.1. The maximum Gasteiger partial charge on any atom is 0.264 e. The molecule has 1 aliphatic rings. The van der Waals surface area contributed by atoms with Gasteiger partial charge in [0.05, 0.1) is 40.5 Å². The van der Waals surface area contributed by atoms with Gasteiger partial charge in [0.15, 0.2) is 0 Å². The first-order valence-corrected chi connectivity index (χ1v) is 9.20. The first-order valence-electron chi connectivity index (χ1n) is 8.38.